The molecule has 2 aromatic rings. The molecule has 29 heavy (non-hydrogen) atoms. The summed E-state index contributed by atoms with van der Waals surface area (Å²) in [5.41, 5.74) is 0.418. The van der Waals surface area contributed by atoms with E-state index in [9.17, 15) is 14.4 Å². The highest BCUT2D eigenvalue weighted by Gasteiger charge is 2.20. The molecule has 1 aromatic carbocycles. The highest BCUT2D eigenvalue weighted by atomic mass is 35.5. The van der Waals surface area contributed by atoms with Crippen LogP contribution in [0.5, 0.6) is 11.5 Å². The molecule has 0 fully saturated rings. The third-order valence-corrected chi connectivity index (χ3v) is 4.30. The van der Waals surface area contributed by atoms with E-state index in [4.69, 9.17) is 25.8 Å². The van der Waals surface area contributed by atoms with Crippen molar-refractivity contribution in [2.45, 2.75) is 25.9 Å². The summed E-state index contributed by atoms with van der Waals surface area (Å²) in [5.74, 6) is -0.0422. The number of ether oxygens (including phenoxy) is 3. The summed E-state index contributed by atoms with van der Waals surface area (Å²) in [7, 11) is 0. The molecule has 0 saturated heterocycles. The standard InChI is InChI=1S/C20H19ClN2O6/c1-12(20(26)23-18-6-3-14(21)11-22-18)29-19(25)7-4-15(24)13-2-5-16-17(10-13)28-9-8-27-16/h2-3,5-6,10-12H,4,7-9H2,1H3,(H,22,23,26). The molecule has 1 unspecified atom stereocenters. The van der Waals surface area contributed by atoms with Gasteiger partial charge in [-0.25, -0.2) is 4.98 Å². The minimum Gasteiger partial charge on any atom is -0.486 e. The van der Waals surface area contributed by atoms with E-state index in [0.29, 0.717) is 35.3 Å². The quantitative estimate of drug-likeness (QED) is 0.544. The number of amides is 1. The lowest BCUT2D eigenvalue weighted by atomic mass is 10.1. The Bertz CT molecular complexity index is 916. The lowest BCUT2D eigenvalue weighted by Crippen LogP contribution is -2.30. The lowest BCUT2D eigenvalue weighted by Gasteiger charge is -2.18. The van der Waals surface area contributed by atoms with Crippen LogP contribution < -0.4 is 14.8 Å². The molecule has 9 heteroatoms. The Hall–Kier alpha value is -3.13. The number of hydrogen-bond donors (Lipinski definition) is 1. The first-order chi connectivity index (χ1) is 13.9. The number of ketones is 1. The number of anilines is 1. The second kappa shape index (κ2) is 9.38. The number of fused-ring (bicyclic) bond motifs is 1. The van der Waals surface area contributed by atoms with Gasteiger partial charge in [-0.3, -0.25) is 14.4 Å². The highest BCUT2D eigenvalue weighted by molar-refractivity contribution is 6.30. The molecule has 1 amide bonds. The van der Waals surface area contributed by atoms with Gasteiger partial charge in [0.15, 0.2) is 23.4 Å². The Kier molecular flexibility index (Phi) is 6.66. The molecule has 1 aliphatic heterocycles. The van der Waals surface area contributed by atoms with Crippen molar-refractivity contribution < 1.29 is 28.6 Å². The molecule has 1 N–H and O–H groups in total. The van der Waals surface area contributed by atoms with E-state index in [1.54, 1.807) is 24.3 Å². The lowest BCUT2D eigenvalue weighted by molar-refractivity contribution is -0.153. The van der Waals surface area contributed by atoms with Crippen LogP contribution in [0, 0.1) is 0 Å². The van der Waals surface area contributed by atoms with Gasteiger partial charge in [0.05, 0.1) is 11.4 Å². The smallest absolute Gasteiger partial charge is 0.307 e. The third-order valence-electron chi connectivity index (χ3n) is 4.08. The number of esters is 1. The summed E-state index contributed by atoms with van der Waals surface area (Å²) in [5, 5.41) is 2.95. The van der Waals surface area contributed by atoms with Gasteiger partial charge in [0, 0.05) is 18.2 Å². The van der Waals surface area contributed by atoms with Crippen molar-refractivity contribution >= 4 is 35.1 Å². The average molecular weight is 419 g/mol. The van der Waals surface area contributed by atoms with Crippen molar-refractivity contribution in [3.8, 4) is 11.5 Å². The first-order valence-corrected chi connectivity index (χ1v) is 9.35. The van der Waals surface area contributed by atoms with Crippen LogP contribution in [-0.2, 0) is 14.3 Å². The molecular formula is C20H19ClN2O6. The fourth-order valence-corrected chi connectivity index (χ4v) is 2.68. The Morgan fingerprint density at radius 3 is 2.62 bits per heavy atom. The second-order valence-electron chi connectivity index (χ2n) is 6.26. The maximum absolute atomic E-state index is 12.3. The second-order valence-corrected chi connectivity index (χ2v) is 6.70. The predicted octanol–water partition coefficient (Wildman–Crippen LogP) is 3.04. The van der Waals surface area contributed by atoms with Gasteiger partial charge in [0.25, 0.3) is 5.91 Å². The van der Waals surface area contributed by atoms with Gasteiger partial charge in [-0.15, -0.1) is 0 Å². The molecule has 1 aromatic heterocycles. The number of pyridine rings is 1. The first-order valence-electron chi connectivity index (χ1n) is 8.97. The molecule has 0 spiro atoms. The molecule has 0 saturated carbocycles. The number of carbonyl (C=O) groups is 3. The maximum Gasteiger partial charge on any atom is 0.307 e. The van der Waals surface area contributed by atoms with E-state index >= 15 is 0 Å². The van der Waals surface area contributed by atoms with Crippen molar-refractivity contribution in [3.63, 3.8) is 0 Å². The monoisotopic (exact) mass is 418 g/mol. The average Bonchev–Trinajstić information content (AvgIpc) is 2.73. The van der Waals surface area contributed by atoms with Gasteiger partial charge in [0.2, 0.25) is 0 Å². The molecular weight excluding hydrogens is 400 g/mol. The topological polar surface area (TPSA) is 104 Å². The minimum atomic E-state index is -1.04. The van der Waals surface area contributed by atoms with Crippen LogP contribution in [0.1, 0.15) is 30.1 Å². The van der Waals surface area contributed by atoms with Crippen molar-refractivity contribution in [2.75, 3.05) is 18.5 Å². The van der Waals surface area contributed by atoms with Gasteiger partial charge in [0.1, 0.15) is 19.0 Å². The van der Waals surface area contributed by atoms with E-state index in [-0.39, 0.29) is 24.4 Å². The van der Waals surface area contributed by atoms with Crippen LogP contribution in [0.2, 0.25) is 5.02 Å². The van der Waals surface area contributed by atoms with Crippen molar-refractivity contribution in [2.24, 2.45) is 0 Å². The molecule has 8 nitrogen and oxygen atoms in total. The molecule has 1 aliphatic rings. The first kappa shape index (κ1) is 20.6. The van der Waals surface area contributed by atoms with Crippen molar-refractivity contribution in [1.82, 2.24) is 4.98 Å². The Labute approximate surface area is 172 Å². The molecule has 0 aliphatic carbocycles. The normalized spacial score (nSPS) is 13.3. The van der Waals surface area contributed by atoms with Gasteiger partial charge in [-0.05, 0) is 37.3 Å². The van der Waals surface area contributed by atoms with Gasteiger partial charge in [-0.1, -0.05) is 11.6 Å². The zero-order valence-corrected chi connectivity index (χ0v) is 16.4. The number of benzene rings is 1. The number of nitrogens with zero attached hydrogens (tertiary/aromatic N) is 1. The van der Waals surface area contributed by atoms with Crippen LogP contribution >= 0.6 is 11.6 Å². The number of hydrogen-bond acceptors (Lipinski definition) is 7. The summed E-state index contributed by atoms with van der Waals surface area (Å²) in [4.78, 5) is 40.3. The summed E-state index contributed by atoms with van der Waals surface area (Å²) in [6, 6.07) is 7.98. The third kappa shape index (κ3) is 5.68. The number of rotatable bonds is 7. The van der Waals surface area contributed by atoms with Crippen LogP contribution in [0.25, 0.3) is 0 Å². The van der Waals surface area contributed by atoms with E-state index in [1.165, 1.54) is 19.2 Å². The van der Waals surface area contributed by atoms with E-state index in [2.05, 4.69) is 10.3 Å². The zero-order chi connectivity index (χ0) is 20.8. The summed E-state index contributed by atoms with van der Waals surface area (Å²) >= 11 is 5.73. The maximum atomic E-state index is 12.3. The minimum absolute atomic E-state index is 0.0500. The fourth-order valence-electron chi connectivity index (χ4n) is 2.56. The number of halogens is 1. The van der Waals surface area contributed by atoms with E-state index in [1.807, 2.05) is 0 Å². The number of nitrogens with one attached hydrogen (secondary N) is 1. The van der Waals surface area contributed by atoms with Gasteiger partial charge >= 0.3 is 5.97 Å². The molecule has 0 radical (unpaired) electrons. The summed E-state index contributed by atoms with van der Waals surface area (Å²) < 4.78 is 15.9. The molecule has 152 valence electrons. The highest BCUT2D eigenvalue weighted by Crippen LogP contribution is 2.31. The molecule has 0 bridgehead atoms. The Balaban J connectivity index is 1.46. The van der Waals surface area contributed by atoms with Crippen LogP contribution in [0.3, 0.4) is 0 Å². The fraction of sp³-hybridized carbons (Fsp3) is 0.300. The molecule has 2 heterocycles. The largest absolute Gasteiger partial charge is 0.486 e. The Morgan fingerprint density at radius 2 is 1.90 bits per heavy atom. The summed E-state index contributed by atoms with van der Waals surface area (Å²) in [6.07, 6.45) is 0.150. The van der Waals surface area contributed by atoms with Gasteiger partial charge < -0.3 is 19.5 Å². The van der Waals surface area contributed by atoms with Crippen LogP contribution in [-0.4, -0.2) is 42.0 Å². The Morgan fingerprint density at radius 1 is 1.14 bits per heavy atom. The van der Waals surface area contributed by atoms with E-state index < -0.39 is 18.0 Å². The zero-order valence-electron chi connectivity index (χ0n) is 15.6. The number of Topliss-reactive ketones (excluding diaryl/α,β-unsaturated/α-hetero) is 1. The van der Waals surface area contributed by atoms with Crippen LogP contribution in [0.15, 0.2) is 36.5 Å². The van der Waals surface area contributed by atoms with Gasteiger partial charge in [-0.2, -0.15) is 0 Å². The van der Waals surface area contributed by atoms with E-state index in [0.717, 1.165) is 0 Å². The van der Waals surface area contributed by atoms with Crippen LogP contribution in [0.4, 0.5) is 5.82 Å². The molecule has 1 atom stereocenters. The molecule has 3 rings (SSSR count). The predicted molar refractivity (Wildman–Crippen MR) is 104 cm³/mol. The number of carbonyl (C=O) groups excluding carboxylic acids is 3. The van der Waals surface area contributed by atoms with Crippen molar-refractivity contribution in [3.05, 3.63) is 47.1 Å². The van der Waals surface area contributed by atoms with Crippen molar-refractivity contribution in [1.29, 1.82) is 0 Å². The SMILES string of the molecule is CC(OC(=O)CCC(=O)c1ccc2c(c1)OCCO2)C(=O)Nc1ccc(Cl)cn1. The number of aromatic nitrogens is 1. The summed E-state index contributed by atoms with van der Waals surface area (Å²) in [6.45, 7) is 2.32.